The van der Waals surface area contributed by atoms with Crippen molar-refractivity contribution in [2.45, 2.75) is 32.1 Å². The van der Waals surface area contributed by atoms with Crippen LogP contribution in [-0.2, 0) is 4.79 Å². The molecule has 0 heterocycles. The van der Waals surface area contributed by atoms with Gasteiger partial charge >= 0.3 is 0 Å². The van der Waals surface area contributed by atoms with Crippen molar-refractivity contribution < 1.29 is 4.79 Å². The first kappa shape index (κ1) is 9.00. The molecule has 4 saturated carbocycles. The van der Waals surface area contributed by atoms with Gasteiger partial charge in [0.25, 0.3) is 0 Å². The second-order valence-corrected chi connectivity index (χ2v) is 5.81. The molecule has 4 aliphatic carbocycles. The van der Waals surface area contributed by atoms with E-state index in [4.69, 9.17) is 11.6 Å². The van der Waals surface area contributed by atoms with E-state index in [1.165, 1.54) is 32.1 Å². The molecule has 14 heavy (non-hydrogen) atoms. The Morgan fingerprint density at radius 2 is 1.50 bits per heavy atom. The molecule has 0 atom stereocenters. The third kappa shape index (κ3) is 1.19. The topological polar surface area (TPSA) is 17.1 Å². The van der Waals surface area contributed by atoms with E-state index in [2.05, 4.69) is 0 Å². The lowest BCUT2D eigenvalue weighted by molar-refractivity contribution is -0.0175. The van der Waals surface area contributed by atoms with Crippen LogP contribution >= 0.6 is 11.6 Å². The molecular formula is C12H15ClO. The zero-order valence-corrected chi connectivity index (χ0v) is 8.96. The highest BCUT2D eigenvalue weighted by Gasteiger charge is 2.49. The number of hydrogen-bond acceptors (Lipinski definition) is 1. The van der Waals surface area contributed by atoms with Crippen LogP contribution in [0.5, 0.6) is 0 Å². The Balaban J connectivity index is 1.91. The average molecular weight is 211 g/mol. The van der Waals surface area contributed by atoms with Gasteiger partial charge in [0.2, 0.25) is 0 Å². The summed E-state index contributed by atoms with van der Waals surface area (Å²) in [7, 11) is 0. The van der Waals surface area contributed by atoms with E-state index in [-0.39, 0.29) is 0 Å². The minimum atomic E-state index is 0.377. The van der Waals surface area contributed by atoms with Crippen molar-refractivity contribution in [2.75, 3.05) is 0 Å². The number of halogens is 1. The molecule has 4 rings (SSSR count). The van der Waals surface area contributed by atoms with Crippen LogP contribution in [0, 0.1) is 29.6 Å². The molecule has 1 nitrogen and oxygen atoms in total. The largest absolute Gasteiger partial charge is 0.232 e. The number of carbonyl (C=O) groups excluding carboxylic acids is 1. The first-order chi connectivity index (χ1) is 6.78. The number of allylic oxidation sites excluding steroid dienone is 1. The lowest BCUT2D eigenvalue weighted by Gasteiger charge is -2.53. The maximum Gasteiger partial charge on any atom is 0.140 e. The summed E-state index contributed by atoms with van der Waals surface area (Å²) in [5.74, 6) is 5.62. The molecule has 76 valence electrons. The Bertz CT molecular complexity index is 275. The Kier molecular flexibility index (Phi) is 2.00. The predicted molar refractivity (Wildman–Crippen MR) is 55.6 cm³/mol. The van der Waals surface area contributed by atoms with Gasteiger partial charge in [0.15, 0.2) is 0 Å². The van der Waals surface area contributed by atoms with Gasteiger partial charge < -0.3 is 0 Å². The third-order valence-corrected chi connectivity index (χ3v) is 4.95. The molecule has 2 heteroatoms. The summed E-state index contributed by atoms with van der Waals surface area (Å²) in [6, 6.07) is 0. The Morgan fingerprint density at radius 3 is 1.93 bits per heavy atom. The molecule has 0 amide bonds. The maximum atomic E-state index is 10.6. The maximum absolute atomic E-state index is 10.6. The Hall–Kier alpha value is -0.260. The van der Waals surface area contributed by atoms with Gasteiger partial charge in [-0.05, 0) is 55.8 Å². The molecule has 0 unspecified atom stereocenters. The van der Waals surface area contributed by atoms with Crippen LogP contribution in [0.2, 0.25) is 0 Å². The highest BCUT2D eigenvalue weighted by Crippen LogP contribution is 2.58. The van der Waals surface area contributed by atoms with Crippen LogP contribution in [0.3, 0.4) is 0 Å². The number of rotatable bonds is 1. The fraction of sp³-hybridized carbons (Fsp3) is 0.833. The van der Waals surface area contributed by atoms with E-state index >= 15 is 0 Å². The van der Waals surface area contributed by atoms with Crippen LogP contribution in [0.1, 0.15) is 32.1 Å². The molecular weight excluding hydrogens is 196 g/mol. The predicted octanol–water partition coefficient (Wildman–Crippen LogP) is 3.01. The van der Waals surface area contributed by atoms with E-state index in [1.807, 2.05) is 5.94 Å². The van der Waals surface area contributed by atoms with E-state index < -0.39 is 0 Å². The molecule has 0 radical (unpaired) electrons. The molecule has 4 fully saturated rings. The molecule has 0 aliphatic heterocycles. The summed E-state index contributed by atoms with van der Waals surface area (Å²) in [5.41, 5.74) is 0. The Morgan fingerprint density at radius 1 is 1.00 bits per heavy atom. The van der Waals surface area contributed by atoms with Gasteiger partial charge in [-0.1, -0.05) is 11.6 Å². The average Bonchev–Trinajstić information content (AvgIpc) is 2.15. The Labute approximate surface area is 89.5 Å². The molecule has 0 aromatic rings. The van der Waals surface area contributed by atoms with Gasteiger partial charge in [-0.3, -0.25) is 0 Å². The van der Waals surface area contributed by atoms with Crippen molar-refractivity contribution >= 4 is 17.5 Å². The van der Waals surface area contributed by atoms with Gasteiger partial charge in [-0.25, -0.2) is 4.79 Å². The standard InChI is InChI=1S/C12H15ClO/c13-11(6-14)12-9-2-7-1-8(4-9)5-10(12)3-7/h7-10,12H,1-5H2. The first-order valence-electron chi connectivity index (χ1n) is 5.68. The molecule has 4 aliphatic rings. The second-order valence-electron chi connectivity index (χ2n) is 5.41. The van der Waals surface area contributed by atoms with Gasteiger partial charge in [-0.2, -0.15) is 0 Å². The molecule has 0 spiro atoms. The van der Waals surface area contributed by atoms with Crippen molar-refractivity contribution in [1.29, 1.82) is 0 Å². The molecule has 0 aromatic heterocycles. The summed E-state index contributed by atoms with van der Waals surface area (Å²) in [6.45, 7) is 0. The van der Waals surface area contributed by atoms with Gasteiger partial charge in [0.05, 0.1) is 0 Å². The van der Waals surface area contributed by atoms with Crippen molar-refractivity contribution in [3.63, 3.8) is 0 Å². The van der Waals surface area contributed by atoms with Crippen LogP contribution < -0.4 is 0 Å². The lowest BCUT2D eigenvalue weighted by Crippen LogP contribution is -2.45. The highest BCUT2D eigenvalue weighted by atomic mass is 35.5. The summed E-state index contributed by atoms with van der Waals surface area (Å²) in [6.07, 6.45) is 6.71. The zero-order valence-electron chi connectivity index (χ0n) is 8.21. The van der Waals surface area contributed by atoms with Crippen LogP contribution in [0.15, 0.2) is 5.03 Å². The fourth-order valence-electron chi connectivity index (χ4n) is 4.41. The van der Waals surface area contributed by atoms with Crippen molar-refractivity contribution in [2.24, 2.45) is 29.6 Å². The van der Waals surface area contributed by atoms with E-state index in [0.29, 0.717) is 22.8 Å². The molecule has 4 bridgehead atoms. The van der Waals surface area contributed by atoms with Gasteiger partial charge in [-0.15, -0.1) is 0 Å². The van der Waals surface area contributed by atoms with E-state index in [1.54, 1.807) is 0 Å². The second kappa shape index (κ2) is 3.12. The third-order valence-electron chi connectivity index (χ3n) is 4.62. The summed E-state index contributed by atoms with van der Waals surface area (Å²) >= 11 is 6.00. The van der Waals surface area contributed by atoms with Crippen molar-refractivity contribution in [1.82, 2.24) is 0 Å². The molecule has 0 saturated heterocycles. The summed E-state index contributed by atoms with van der Waals surface area (Å²) in [5, 5.41) is 0.485. The normalized spacial score (nSPS) is 49.1. The molecule has 0 aromatic carbocycles. The highest BCUT2D eigenvalue weighted by molar-refractivity contribution is 6.33. The lowest BCUT2D eigenvalue weighted by atomic mass is 9.52. The first-order valence-corrected chi connectivity index (χ1v) is 6.06. The minimum absolute atomic E-state index is 0.377. The smallest absolute Gasteiger partial charge is 0.140 e. The quantitative estimate of drug-likeness (QED) is 0.608. The fourth-order valence-corrected chi connectivity index (χ4v) is 4.76. The SMILES string of the molecule is O=C=C(Cl)C1C2CC3CC(C2)CC1C3. The van der Waals surface area contributed by atoms with Crippen molar-refractivity contribution in [3.8, 4) is 0 Å². The van der Waals surface area contributed by atoms with Crippen molar-refractivity contribution in [3.05, 3.63) is 5.03 Å². The van der Waals surface area contributed by atoms with Gasteiger partial charge in [0.1, 0.15) is 11.0 Å². The molecule has 0 N–H and O–H groups in total. The van der Waals surface area contributed by atoms with Crippen LogP contribution in [-0.4, -0.2) is 5.94 Å². The minimum Gasteiger partial charge on any atom is -0.232 e. The van der Waals surface area contributed by atoms with E-state index in [9.17, 15) is 4.79 Å². The summed E-state index contributed by atoms with van der Waals surface area (Å²) < 4.78 is 0. The van der Waals surface area contributed by atoms with Gasteiger partial charge in [0, 0.05) is 5.92 Å². The van der Waals surface area contributed by atoms with E-state index in [0.717, 1.165) is 11.8 Å². The monoisotopic (exact) mass is 210 g/mol. The zero-order chi connectivity index (χ0) is 9.71. The number of hydrogen-bond donors (Lipinski definition) is 0. The summed E-state index contributed by atoms with van der Waals surface area (Å²) in [4.78, 5) is 10.6. The van der Waals surface area contributed by atoms with Crippen LogP contribution in [0.25, 0.3) is 0 Å². The van der Waals surface area contributed by atoms with Crippen LogP contribution in [0.4, 0.5) is 0 Å².